The van der Waals surface area contributed by atoms with Crippen LogP contribution in [-0.2, 0) is 22.6 Å². The maximum Gasteiger partial charge on any atom is 0.282 e. The molecule has 0 saturated heterocycles. The Morgan fingerprint density at radius 3 is 2.32 bits per heavy atom. The first-order valence-electron chi connectivity index (χ1n) is 11.6. The normalized spacial score (nSPS) is 15.8. The molecule has 0 aliphatic carbocycles. The Balaban J connectivity index is 1.64. The van der Waals surface area contributed by atoms with Gasteiger partial charge in [-0.3, -0.25) is 9.59 Å². The lowest BCUT2D eigenvalue weighted by Gasteiger charge is -2.31. The second-order valence-corrected chi connectivity index (χ2v) is 9.34. The van der Waals surface area contributed by atoms with E-state index in [2.05, 4.69) is 29.2 Å². The Hall–Kier alpha value is -3.86. The molecule has 0 aromatic heterocycles. The molecule has 0 N–H and O–H groups in total. The van der Waals surface area contributed by atoms with E-state index in [0.717, 1.165) is 28.8 Å². The summed E-state index contributed by atoms with van der Waals surface area (Å²) in [4.78, 5) is 33.3. The smallest absolute Gasteiger partial charge is 0.282 e. The second-order valence-electron chi connectivity index (χ2n) is 9.34. The second kappa shape index (κ2) is 8.49. The summed E-state index contributed by atoms with van der Waals surface area (Å²) in [6.45, 7) is 5.36. The van der Waals surface area contributed by atoms with Crippen molar-refractivity contribution in [1.82, 2.24) is 4.90 Å². The first-order chi connectivity index (χ1) is 16.3. The third-order valence-corrected chi connectivity index (χ3v) is 6.76. The van der Waals surface area contributed by atoms with Crippen molar-refractivity contribution in [2.75, 3.05) is 30.4 Å². The number of imide groups is 1. The quantitative estimate of drug-likeness (QED) is 0.539. The molecule has 0 atom stereocenters. The molecule has 172 valence electrons. The van der Waals surface area contributed by atoms with Gasteiger partial charge in [-0.2, -0.15) is 0 Å². The molecule has 34 heavy (non-hydrogen) atoms. The number of benzene rings is 3. The van der Waals surface area contributed by atoms with Crippen LogP contribution in [-0.4, -0.2) is 37.4 Å². The van der Waals surface area contributed by atoms with Crippen LogP contribution in [0.3, 0.4) is 0 Å². The molecular weight excluding hydrogens is 422 g/mol. The van der Waals surface area contributed by atoms with Gasteiger partial charge in [0.1, 0.15) is 5.70 Å². The minimum Gasteiger partial charge on any atom is -0.378 e. The highest BCUT2D eigenvalue weighted by Crippen LogP contribution is 2.38. The van der Waals surface area contributed by atoms with Crippen molar-refractivity contribution in [1.29, 1.82) is 0 Å². The van der Waals surface area contributed by atoms with Crippen molar-refractivity contribution in [3.63, 3.8) is 0 Å². The molecule has 0 saturated carbocycles. The highest BCUT2D eigenvalue weighted by Gasteiger charge is 2.43. The monoisotopic (exact) mass is 451 g/mol. The summed E-state index contributed by atoms with van der Waals surface area (Å²) in [5, 5.41) is 0. The van der Waals surface area contributed by atoms with Crippen LogP contribution < -0.4 is 9.80 Å². The number of hydrogen-bond acceptors (Lipinski definition) is 4. The lowest BCUT2D eigenvalue weighted by atomic mass is 9.95. The summed E-state index contributed by atoms with van der Waals surface area (Å²) in [6, 6.07) is 22.0. The van der Waals surface area contributed by atoms with E-state index in [-0.39, 0.29) is 11.8 Å². The number of hydrogen-bond donors (Lipinski definition) is 0. The first kappa shape index (κ1) is 22.0. The molecule has 0 radical (unpaired) electrons. The van der Waals surface area contributed by atoms with E-state index in [0.29, 0.717) is 30.0 Å². The fraction of sp³-hybridized carbons (Fsp3) is 0.241. The number of carbonyl (C=O) groups is 2. The van der Waals surface area contributed by atoms with Crippen LogP contribution in [0.4, 0.5) is 11.4 Å². The van der Waals surface area contributed by atoms with Crippen LogP contribution in [0, 0.1) is 13.8 Å². The predicted octanol–water partition coefficient (Wildman–Crippen LogP) is 4.71. The molecule has 2 aliphatic heterocycles. The molecular formula is C29H29N3O2. The third-order valence-electron chi connectivity index (χ3n) is 6.76. The fourth-order valence-electron chi connectivity index (χ4n) is 4.98. The molecule has 0 unspecified atom stereocenters. The molecule has 3 aromatic rings. The summed E-state index contributed by atoms with van der Waals surface area (Å²) in [6.07, 6.45) is 0.845. The van der Waals surface area contributed by atoms with E-state index in [1.54, 1.807) is 0 Å². The first-order valence-corrected chi connectivity index (χ1v) is 11.6. The van der Waals surface area contributed by atoms with Crippen molar-refractivity contribution in [3.8, 4) is 0 Å². The summed E-state index contributed by atoms with van der Waals surface area (Å²) in [5.41, 5.74) is 7.98. The van der Waals surface area contributed by atoms with E-state index in [1.165, 1.54) is 16.0 Å². The van der Waals surface area contributed by atoms with Gasteiger partial charge in [0, 0.05) is 32.9 Å². The van der Waals surface area contributed by atoms with Crippen molar-refractivity contribution in [2.45, 2.75) is 26.8 Å². The molecule has 5 nitrogen and oxygen atoms in total. The molecule has 3 aromatic carbocycles. The third kappa shape index (κ3) is 3.67. The van der Waals surface area contributed by atoms with Crippen molar-refractivity contribution >= 4 is 28.8 Å². The van der Waals surface area contributed by atoms with Gasteiger partial charge in [0.25, 0.3) is 11.8 Å². The van der Waals surface area contributed by atoms with E-state index in [4.69, 9.17) is 0 Å². The Morgan fingerprint density at radius 1 is 0.824 bits per heavy atom. The average Bonchev–Trinajstić information content (AvgIpc) is 3.08. The number of aryl methyl sites for hydroxylation is 2. The van der Waals surface area contributed by atoms with Gasteiger partial charge in [-0.05, 0) is 60.7 Å². The maximum atomic E-state index is 14.0. The van der Waals surface area contributed by atoms with Crippen LogP contribution in [0.5, 0.6) is 0 Å². The van der Waals surface area contributed by atoms with Crippen molar-refractivity contribution < 1.29 is 9.59 Å². The Morgan fingerprint density at radius 2 is 1.59 bits per heavy atom. The lowest BCUT2D eigenvalue weighted by Crippen LogP contribution is -2.37. The maximum absolute atomic E-state index is 14.0. The SMILES string of the molecule is Cc1ccc(C2=C(N3CCc4ccccc4C3)C(=O)N(c3cccc(N(C)C)c3)C2=O)c(C)c1. The number of fused-ring (bicyclic) bond motifs is 1. The lowest BCUT2D eigenvalue weighted by molar-refractivity contribution is -0.120. The Kier molecular flexibility index (Phi) is 5.48. The Labute approximate surface area is 200 Å². The standard InChI is InChI=1S/C29H29N3O2/c1-19-12-13-25(20(2)16-19)26-27(31-15-14-21-8-5-6-9-22(21)18-31)29(34)32(28(26)33)24-11-7-10-23(17-24)30(3)4/h5-13,16-17H,14-15,18H2,1-4H3. The van der Waals surface area contributed by atoms with Crippen molar-refractivity contribution in [2.24, 2.45) is 0 Å². The number of nitrogens with zero attached hydrogens (tertiary/aromatic N) is 3. The van der Waals surface area contributed by atoms with Gasteiger partial charge >= 0.3 is 0 Å². The highest BCUT2D eigenvalue weighted by atomic mass is 16.2. The number of rotatable bonds is 4. The fourth-order valence-corrected chi connectivity index (χ4v) is 4.98. The van der Waals surface area contributed by atoms with Gasteiger partial charge in [0.2, 0.25) is 0 Å². The predicted molar refractivity (Wildman–Crippen MR) is 137 cm³/mol. The zero-order valence-electron chi connectivity index (χ0n) is 20.1. The molecule has 0 bridgehead atoms. The van der Waals surface area contributed by atoms with Gasteiger partial charge < -0.3 is 9.80 Å². The molecule has 0 spiro atoms. The van der Waals surface area contributed by atoms with Gasteiger partial charge in [-0.25, -0.2) is 4.90 Å². The van der Waals surface area contributed by atoms with Gasteiger partial charge in [-0.15, -0.1) is 0 Å². The topological polar surface area (TPSA) is 43.9 Å². The zero-order valence-corrected chi connectivity index (χ0v) is 20.1. The van der Waals surface area contributed by atoms with Crippen LogP contribution in [0.1, 0.15) is 27.8 Å². The van der Waals surface area contributed by atoms with Crippen LogP contribution in [0.25, 0.3) is 5.57 Å². The summed E-state index contributed by atoms with van der Waals surface area (Å²) < 4.78 is 0. The highest BCUT2D eigenvalue weighted by molar-refractivity contribution is 6.45. The molecule has 5 heteroatoms. The van der Waals surface area contributed by atoms with E-state index >= 15 is 0 Å². The van der Waals surface area contributed by atoms with Gasteiger partial charge in [-0.1, -0.05) is 54.1 Å². The average molecular weight is 452 g/mol. The van der Waals surface area contributed by atoms with Crippen LogP contribution >= 0.6 is 0 Å². The van der Waals surface area contributed by atoms with E-state index < -0.39 is 0 Å². The van der Waals surface area contributed by atoms with Gasteiger partial charge in [0.15, 0.2) is 0 Å². The summed E-state index contributed by atoms with van der Waals surface area (Å²) in [5.74, 6) is -0.517. The molecule has 2 aliphatic rings. The molecule has 5 rings (SSSR count). The molecule has 0 fully saturated rings. The number of anilines is 2. The van der Waals surface area contributed by atoms with Crippen LogP contribution in [0.15, 0.2) is 72.4 Å². The van der Waals surface area contributed by atoms with Crippen LogP contribution in [0.2, 0.25) is 0 Å². The summed E-state index contributed by atoms with van der Waals surface area (Å²) >= 11 is 0. The molecule has 2 heterocycles. The van der Waals surface area contributed by atoms with E-state index in [1.807, 2.05) is 75.3 Å². The van der Waals surface area contributed by atoms with Gasteiger partial charge in [0.05, 0.1) is 11.3 Å². The minimum atomic E-state index is -0.262. The number of carbonyl (C=O) groups excluding carboxylic acids is 2. The number of amides is 2. The zero-order chi connectivity index (χ0) is 24.0. The Bertz CT molecular complexity index is 1340. The minimum absolute atomic E-state index is 0.254. The van der Waals surface area contributed by atoms with E-state index in [9.17, 15) is 9.59 Å². The molecule has 2 amide bonds. The summed E-state index contributed by atoms with van der Waals surface area (Å²) in [7, 11) is 3.89. The largest absolute Gasteiger partial charge is 0.378 e. The van der Waals surface area contributed by atoms with Crippen molar-refractivity contribution in [3.05, 3.63) is 100 Å².